The van der Waals surface area contributed by atoms with Gasteiger partial charge in [-0.05, 0) is 38.3 Å². The third-order valence-corrected chi connectivity index (χ3v) is 5.63. The van der Waals surface area contributed by atoms with Gasteiger partial charge in [0.1, 0.15) is 5.82 Å². The van der Waals surface area contributed by atoms with Gasteiger partial charge in [-0.15, -0.1) is 0 Å². The van der Waals surface area contributed by atoms with Crippen LogP contribution in [0.25, 0.3) is 11.5 Å². The Morgan fingerprint density at radius 2 is 2.19 bits per heavy atom. The van der Waals surface area contributed by atoms with Crippen LogP contribution >= 0.6 is 0 Å². The smallest absolute Gasteiger partial charge is 0.259 e. The molecule has 0 radical (unpaired) electrons. The average molecular weight is 371 g/mol. The lowest BCUT2D eigenvalue weighted by Gasteiger charge is -2.48. The van der Waals surface area contributed by atoms with Crippen molar-refractivity contribution >= 4 is 11.7 Å². The lowest BCUT2D eigenvalue weighted by molar-refractivity contribution is -0.138. The first kappa shape index (κ1) is 17.9. The summed E-state index contributed by atoms with van der Waals surface area (Å²) < 4.78 is 5.20. The topological polar surface area (TPSA) is 95.6 Å². The monoisotopic (exact) mass is 371 g/mol. The second kappa shape index (κ2) is 7.26. The predicted molar refractivity (Wildman–Crippen MR) is 99.0 cm³/mol. The number of aromatic nitrogens is 3. The molecule has 0 bridgehead atoms. The van der Waals surface area contributed by atoms with Crippen molar-refractivity contribution in [1.29, 1.82) is 0 Å². The van der Waals surface area contributed by atoms with Crippen molar-refractivity contribution in [2.24, 2.45) is 5.41 Å². The quantitative estimate of drug-likeness (QED) is 0.873. The van der Waals surface area contributed by atoms with Crippen LogP contribution in [-0.4, -0.2) is 63.8 Å². The molecule has 4 heterocycles. The molecule has 8 heteroatoms. The van der Waals surface area contributed by atoms with Crippen molar-refractivity contribution in [3.05, 3.63) is 24.2 Å². The Labute approximate surface area is 158 Å². The highest BCUT2D eigenvalue weighted by Gasteiger charge is 2.41. The SMILES string of the molecule is Cc1noc(-c2ccc(N3CCC[C@]4(CCC(=O)N(CCO)C4)C3)nc2)n1. The van der Waals surface area contributed by atoms with Gasteiger partial charge in [0, 0.05) is 44.2 Å². The summed E-state index contributed by atoms with van der Waals surface area (Å²) >= 11 is 0. The van der Waals surface area contributed by atoms with E-state index in [9.17, 15) is 9.90 Å². The number of aryl methyl sites for hydroxylation is 1. The number of likely N-dealkylation sites (tertiary alicyclic amines) is 1. The Balaban J connectivity index is 1.49. The fourth-order valence-corrected chi connectivity index (χ4v) is 4.28. The summed E-state index contributed by atoms with van der Waals surface area (Å²) in [4.78, 5) is 25.1. The molecule has 8 nitrogen and oxygen atoms in total. The molecule has 2 saturated heterocycles. The molecule has 1 atom stereocenters. The van der Waals surface area contributed by atoms with Crippen LogP contribution in [0.4, 0.5) is 5.82 Å². The molecule has 2 fully saturated rings. The van der Waals surface area contributed by atoms with E-state index in [0.29, 0.717) is 24.7 Å². The van der Waals surface area contributed by atoms with Gasteiger partial charge in [-0.3, -0.25) is 4.79 Å². The van der Waals surface area contributed by atoms with E-state index in [-0.39, 0.29) is 17.9 Å². The first-order valence-electron chi connectivity index (χ1n) is 9.49. The molecule has 0 aliphatic carbocycles. The number of carbonyl (C=O) groups is 1. The van der Waals surface area contributed by atoms with Gasteiger partial charge < -0.3 is 19.4 Å². The maximum atomic E-state index is 12.1. The summed E-state index contributed by atoms with van der Waals surface area (Å²) in [5, 5.41) is 13.1. The van der Waals surface area contributed by atoms with E-state index < -0.39 is 0 Å². The van der Waals surface area contributed by atoms with Gasteiger partial charge in [-0.2, -0.15) is 4.98 Å². The molecule has 2 aromatic heterocycles. The zero-order chi connectivity index (χ0) is 18.9. The van der Waals surface area contributed by atoms with Crippen molar-refractivity contribution in [2.75, 3.05) is 37.7 Å². The van der Waals surface area contributed by atoms with E-state index in [1.54, 1.807) is 13.1 Å². The Hall–Kier alpha value is -2.48. The van der Waals surface area contributed by atoms with E-state index in [2.05, 4.69) is 20.0 Å². The van der Waals surface area contributed by atoms with Gasteiger partial charge in [0.2, 0.25) is 5.91 Å². The minimum atomic E-state index is 0.0176. The summed E-state index contributed by atoms with van der Waals surface area (Å²) in [6.07, 6.45) is 5.43. The Kier molecular flexibility index (Phi) is 4.82. The molecule has 27 heavy (non-hydrogen) atoms. The molecule has 0 unspecified atom stereocenters. The maximum Gasteiger partial charge on any atom is 0.259 e. The number of anilines is 1. The largest absolute Gasteiger partial charge is 0.395 e. The molecule has 2 aromatic rings. The number of rotatable bonds is 4. The number of β-amino-alcohol motifs (C(OH)–C–C–N with tert-alkyl or cyclic N) is 1. The van der Waals surface area contributed by atoms with E-state index in [1.165, 1.54) is 0 Å². The van der Waals surface area contributed by atoms with Crippen molar-refractivity contribution in [1.82, 2.24) is 20.0 Å². The van der Waals surface area contributed by atoms with Crippen molar-refractivity contribution < 1.29 is 14.4 Å². The summed E-state index contributed by atoms with van der Waals surface area (Å²) in [5.74, 6) is 2.17. The molecule has 2 aliphatic rings. The predicted octanol–water partition coefficient (Wildman–Crippen LogP) is 1.64. The summed E-state index contributed by atoms with van der Waals surface area (Å²) in [5.41, 5.74) is 0.897. The molecule has 4 rings (SSSR count). The number of carbonyl (C=O) groups excluding carboxylic acids is 1. The van der Waals surface area contributed by atoms with Gasteiger partial charge in [0.15, 0.2) is 5.82 Å². The minimum absolute atomic E-state index is 0.0176. The average Bonchev–Trinajstić information content (AvgIpc) is 3.12. The Morgan fingerprint density at radius 1 is 1.30 bits per heavy atom. The minimum Gasteiger partial charge on any atom is -0.395 e. The van der Waals surface area contributed by atoms with Crippen LogP contribution in [0.2, 0.25) is 0 Å². The van der Waals surface area contributed by atoms with Crippen LogP contribution in [0.15, 0.2) is 22.9 Å². The molecule has 2 aliphatic heterocycles. The summed E-state index contributed by atoms with van der Waals surface area (Å²) in [6.45, 7) is 4.80. The van der Waals surface area contributed by atoms with Crippen LogP contribution in [0, 0.1) is 12.3 Å². The van der Waals surface area contributed by atoms with Crippen LogP contribution in [0.3, 0.4) is 0 Å². The molecule has 0 saturated carbocycles. The lowest BCUT2D eigenvalue weighted by Crippen LogP contribution is -2.54. The van der Waals surface area contributed by atoms with Crippen LogP contribution in [0.1, 0.15) is 31.5 Å². The number of nitrogens with zero attached hydrogens (tertiary/aromatic N) is 5. The zero-order valence-corrected chi connectivity index (χ0v) is 15.6. The first-order chi connectivity index (χ1) is 13.1. The molecular formula is C19H25N5O3. The number of hydrogen-bond acceptors (Lipinski definition) is 7. The number of pyridine rings is 1. The third-order valence-electron chi connectivity index (χ3n) is 5.63. The van der Waals surface area contributed by atoms with Crippen molar-refractivity contribution in [2.45, 2.75) is 32.6 Å². The van der Waals surface area contributed by atoms with Gasteiger partial charge in [0.25, 0.3) is 5.89 Å². The van der Waals surface area contributed by atoms with Gasteiger partial charge in [-0.25, -0.2) is 4.98 Å². The fraction of sp³-hybridized carbons (Fsp3) is 0.579. The highest BCUT2D eigenvalue weighted by atomic mass is 16.5. The highest BCUT2D eigenvalue weighted by Crippen LogP contribution is 2.39. The number of hydrogen-bond donors (Lipinski definition) is 1. The molecule has 1 amide bonds. The van der Waals surface area contributed by atoms with Gasteiger partial charge in [0.05, 0.1) is 12.2 Å². The number of aliphatic hydroxyl groups excluding tert-OH is 1. The van der Waals surface area contributed by atoms with Gasteiger partial charge >= 0.3 is 0 Å². The fourth-order valence-electron chi connectivity index (χ4n) is 4.28. The van der Waals surface area contributed by atoms with E-state index in [1.807, 2.05) is 17.0 Å². The maximum absolute atomic E-state index is 12.1. The van der Waals surface area contributed by atoms with E-state index >= 15 is 0 Å². The third kappa shape index (κ3) is 3.66. The molecule has 1 N–H and O–H groups in total. The Morgan fingerprint density at radius 3 is 2.89 bits per heavy atom. The second-order valence-corrected chi connectivity index (χ2v) is 7.62. The normalized spacial score (nSPS) is 23.3. The second-order valence-electron chi connectivity index (χ2n) is 7.62. The Bertz CT molecular complexity index is 806. The number of amides is 1. The molecule has 144 valence electrons. The molecule has 0 aromatic carbocycles. The van der Waals surface area contributed by atoms with E-state index in [4.69, 9.17) is 4.52 Å². The van der Waals surface area contributed by atoms with Crippen molar-refractivity contribution in [3.63, 3.8) is 0 Å². The summed E-state index contributed by atoms with van der Waals surface area (Å²) in [6, 6.07) is 3.95. The molecule has 1 spiro atoms. The van der Waals surface area contributed by atoms with Crippen LogP contribution < -0.4 is 4.90 Å². The highest BCUT2D eigenvalue weighted by molar-refractivity contribution is 5.77. The van der Waals surface area contributed by atoms with Crippen LogP contribution in [0.5, 0.6) is 0 Å². The summed E-state index contributed by atoms with van der Waals surface area (Å²) in [7, 11) is 0. The molecular weight excluding hydrogens is 346 g/mol. The zero-order valence-electron chi connectivity index (χ0n) is 15.6. The van der Waals surface area contributed by atoms with Crippen LogP contribution in [-0.2, 0) is 4.79 Å². The standard InChI is InChI=1S/C19H25N5O3/c1-14-21-18(27-22-14)15-3-4-16(20-11-15)23-8-2-6-19(12-23)7-5-17(26)24(13-19)9-10-25/h3-4,11,25H,2,5-10,12-13H2,1H3/t19-/m0/s1. The lowest BCUT2D eigenvalue weighted by atomic mass is 9.73. The van der Waals surface area contributed by atoms with Crippen molar-refractivity contribution in [3.8, 4) is 11.5 Å². The number of piperidine rings is 2. The number of aliphatic hydroxyl groups is 1. The van der Waals surface area contributed by atoms with E-state index in [0.717, 1.165) is 50.3 Å². The van der Waals surface area contributed by atoms with Gasteiger partial charge in [-0.1, -0.05) is 5.16 Å². The first-order valence-corrected chi connectivity index (χ1v) is 9.49.